The number of hydrogen-bond donors (Lipinski definition) is 0. The molecular formula is C42H63N9. The van der Waals surface area contributed by atoms with Crippen LogP contribution in [0.5, 0.6) is 0 Å². The molecule has 9 nitrogen and oxygen atoms in total. The highest BCUT2D eigenvalue weighted by Crippen LogP contribution is 2.18. The zero-order chi connectivity index (χ0) is 39.5. The van der Waals surface area contributed by atoms with Crippen molar-refractivity contribution >= 4 is 0 Å². The summed E-state index contributed by atoms with van der Waals surface area (Å²) < 4.78 is 0. The van der Waals surface area contributed by atoms with E-state index in [1.807, 2.05) is 76.2 Å². The van der Waals surface area contributed by atoms with Crippen LogP contribution in [-0.4, -0.2) is 44.9 Å². The molecule has 0 amide bonds. The summed E-state index contributed by atoms with van der Waals surface area (Å²) in [7, 11) is 0. The first kappa shape index (κ1) is 44.5. The van der Waals surface area contributed by atoms with Crippen molar-refractivity contribution in [3.05, 3.63) is 119 Å². The zero-order valence-corrected chi connectivity index (χ0v) is 35.5. The lowest BCUT2D eigenvalue weighted by Crippen LogP contribution is -1.98. The van der Waals surface area contributed by atoms with E-state index >= 15 is 0 Å². The Morgan fingerprint density at radius 2 is 0.314 bits per heavy atom. The fraction of sp³-hybridized carbons (Fsp3) is 0.500. The molecule has 5 heterocycles. The van der Waals surface area contributed by atoms with Crippen LogP contribution in [0.2, 0.25) is 0 Å². The number of pyridine rings is 2. The van der Waals surface area contributed by atoms with Gasteiger partial charge in [-0.2, -0.15) is 0 Å². The van der Waals surface area contributed by atoms with E-state index in [1.165, 1.54) is 44.5 Å². The third-order valence-electron chi connectivity index (χ3n) is 9.55. The summed E-state index contributed by atoms with van der Waals surface area (Å²) in [5.74, 6) is 4.10. The molecule has 0 spiro atoms. The summed E-state index contributed by atoms with van der Waals surface area (Å²) in [6.07, 6.45) is 0. The van der Waals surface area contributed by atoms with Gasteiger partial charge in [-0.25, -0.2) is 34.9 Å². The van der Waals surface area contributed by atoms with Gasteiger partial charge in [0.05, 0.1) is 0 Å². The molecule has 0 saturated carbocycles. The summed E-state index contributed by atoms with van der Waals surface area (Å²) in [5, 5.41) is 0. The molecule has 276 valence electrons. The van der Waals surface area contributed by atoms with Crippen LogP contribution >= 0.6 is 0 Å². The van der Waals surface area contributed by atoms with E-state index in [1.54, 1.807) is 0 Å². The minimum Gasteiger partial charge on any atom is -0.258 e. The molecule has 51 heavy (non-hydrogen) atoms. The minimum absolute atomic E-state index is 0.792. The molecule has 0 bridgehead atoms. The molecule has 0 aliphatic heterocycles. The Morgan fingerprint density at radius 3 is 0.510 bits per heavy atom. The van der Waals surface area contributed by atoms with Gasteiger partial charge in [0.25, 0.3) is 0 Å². The van der Waals surface area contributed by atoms with Gasteiger partial charge in [-0.15, -0.1) is 0 Å². The molecule has 0 radical (unpaired) electrons. The second-order valence-corrected chi connectivity index (χ2v) is 13.4. The maximum Gasteiger partial charge on any atom is 0.129 e. The third kappa shape index (κ3) is 13.6. The fourth-order valence-electron chi connectivity index (χ4n) is 5.14. The topological polar surface area (TPSA) is 116 Å². The standard InChI is InChI=1S/2C10H15N.2C8H12N2.C6H9N3/c2*1-6-7(2)9(4)11-10(5)8(6)3;2*1-5-6(2)9-8(4)10-7(5)3;1-4-7-5(2)9-6(3)8-4/h2*1-5H3;2*1-4H3;1-3H3. The lowest BCUT2D eigenvalue weighted by molar-refractivity contribution is 0.875. The van der Waals surface area contributed by atoms with Crippen LogP contribution in [0.1, 0.15) is 119 Å². The Balaban J connectivity index is 0.000000319. The minimum atomic E-state index is 0.792. The van der Waals surface area contributed by atoms with Crippen molar-refractivity contribution in [3.8, 4) is 0 Å². The van der Waals surface area contributed by atoms with Gasteiger partial charge in [0.15, 0.2) is 0 Å². The maximum atomic E-state index is 4.43. The average molecular weight is 694 g/mol. The molecule has 5 aromatic rings. The van der Waals surface area contributed by atoms with Gasteiger partial charge < -0.3 is 0 Å². The highest BCUT2D eigenvalue weighted by atomic mass is 15.0. The van der Waals surface area contributed by atoms with Crippen molar-refractivity contribution in [1.82, 2.24) is 44.9 Å². The maximum absolute atomic E-state index is 4.43. The van der Waals surface area contributed by atoms with Crippen molar-refractivity contribution in [1.29, 1.82) is 0 Å². The van der Waals surface area contributed by atoms with E-state index in [0.717, 1.165) is 74.7 Å². The van der Waals surface area contributed by atoms with E-state index < -0.39 is 0 Å². The van der Waals surface area contributed by atoms with Crippen LogP contribution in [0.4, 0.5) is 0 Å². The first-order valence-corrected chi connectivity index (χ1v) is 17.5. The first-order valence-electron chi connectivity index (χ1n) is 17.5. The molecule has 0 fully saturated rings. The summed E-state index contributed by atoms with van der Waals surface area (Å²) in [6, 6.07) is 0. The molecule has 0 atom stereocenters. The Labute approximate surface area is 308 Å². The largest absolute Gasteiger partial charge is 0.258 e. The zero-order valence-electron chi connectivity index (χ0n) is 35.5. The van der Waals surface area contributed by atoms with Crippen molar-refractivity contribution < 1.29 is 0 Å². The van der Waals surface area contributed by atoms with Crippen LogP contribution in [0, 0.1) is 145 Å². The molecule has 0 N–H and O–H groups in total. The van der Waals surface area contributed by atoms with Gasteiger partial charge in [-0.1, -0.05) is 0 Å². The summed E-state index contributed by atoms with van der Waals surface area (Å²) in [5.41, 5.74) is 19.5. The average Bonchev–Trinajstić information content (AvgIpc) is 3.03. The van der Waals surface area contributed by atoms with E-state index in [9.17, 15) is 0 Å². The predicted molar refractivity (Wildman–Crippen MR) is 212 cm³/mol. The summed E-state index contributed by atoms with van der Waals surface area (Å²) in [6.45, 7) is 42.6. The number of hydrogen-bond acceptors (Lipinski definition) is 9. The number of nitrogens with zero attached hydrogens (tertiary/aromatic N) is 9. The quantitative estimate of drug-likeness (QED) is 0.156. The normalized spacial score (nSPS) is 10.1. The second kappa shape index (κ2) is 19.8. The van der Waals surface area contributed by atoms with Gasteiger partial charge in [0.1, 0.15) is 29.1 Å². The Bertz CT molecular complexity index is 1690. The van der Waals surface area contributed by atoms with E-state index in [4.69, 9.17) is 0 Å². The number of aryl methyl sites for hydroxylation is 13. The third-order valence-corrected chi connectivity index (χ3v) is 9.55. The van der Waals surface area contributed by atoms with Gasteiger partial charge in [-0.05, 0) is 190 Å². The van der Waals surface area contributed by atoms with Gasteiger partial charge >= 0.3 is 0 Å². The number of aromatic nitrogens is 9. The molecule has 0 unspecified atom stereocenters. The van der Waals surface area contributed by atoms with E-state index in [2.05, 4.69) is 114 Å². The summed E-state index contributed by atoms with van der Waals surface area (Å²) in [4.78, 5) is 37.8. The van der Waals surface area contributed by atoms with Crippen molar-refractivity contribution in [2.75, 3.05) is 0 Å². The van der Waals surface area contributed by atoms with Gasteiger partial charge in [-0.3, -0.25) is 9.97 Å². The molecule has 9 heteroatoms. The lowest BCUT2D eigenvalue weighted by Gasteiger charge is -2.09. The molecule has 0 aliphatic rings. The predicted octanol–water partition coefficient (Wildman–Crippen LogP) is 9.46. The van der Waals surface area contributed by atoms with E-state index in [0.29, 0.717) is 0 Å². The molecule has 0 saturated heterocycles. The van der Waals surface area contributed by atoms with Crippen LogP contribution < -0.4 is 0 Å². The van der Waals surface area contributed by atoms with Crippen molar-refractivity contribution in [2.24, 2.45) is 0 Å². The van der Waals surface area contributed by atoms with Crippen LogP contribution in [-0.2, 0) is 0 Å². The molecule has 0 aromatic carbocycles. The first-order chi connectivity index (χ1) is 23.5. The monoisotopic (exact) mass is 694 g/mol. The van der Waals surface area contributed by atoms with E-state index in [-0.39, 0.29) is 0 Å². The lowest BCUT2D eigenvalue weighted by atomic mass is 10.0. The van der Waals surface area contributed by atoms with Crippen LogP contribution in [0.15, 0.2) is 0 Å². The molecular weight excluding hydrogens is 631 g/mol. The highest BCUT2D eigenvalue weighted by molar-refractivity contribution is 5.37. The van der Waals surface area contributed by atoms with Crippen molar-refractivity contribution in [2.45, 2.75) is 145 Å². The Morgan fingerprint density at radius 1 is 0.157 bits per heavy atom. The van der Waals surface area contributed by atoms with Crippen LogP contribution in [0.25, 0.3) is 0 Å². The van der Waals surface area contributed by atoms with Crippen LogP contribution in [0.3, 0.4) is 0 Å². The SMILES string of the molecule is Cc1nc(C)c(C)c(C)c1C.Cc1nc(C)c(C)c(C)c1C.Cc1nc(C)c(C)c(C)n1.Cc1nc(C)c(C)c(C)n1.Cc1nc(C)nc(C)n1. The summed E-state index contributed by atoms with van der Waals surface area (Å²) >= 11 is 0. The second-order valence-electron chi connectivity index (χ2n) is 13.4. The Kier molecular flexibility index (Phi) is 17.2. The molecule has 5 rings (SSSR count). The fourth-order valence-corrected chi connectivity index (χ4v) is 5.14. The van der Waals surface area contributed by atoms with Gasteiger partial charge in [0, 0.05) is 45.6 Å². The highest BCUT2D eigenvalue weighted by Gasteiger charge is 2.05. The molecule has 5 aromatic heterocycles. The Hall–Kier alpha value is -4.53. The van der Waals surface area contributed by atoms with Crippen molar-refractivity contribution in [3.63, 3.8) is 0 Å². The number of rotatable bonds is 0. The van der Waals surface area contributed by atoms with Gasteiger partial charge in [0.2, 0.25) is 0 Å². The smallest absolute Gasteiger partial charge is 0.129 e. The molecule has 0 aliphatic carbocycles.